The van der Waals surface area contributed by atoms with Crippen LogP contribution in [0.5, 0.6) is 0 Å². The number of aliphatic hydroxyl groups excluding tert-OH is 1. The largest absolute Gasteiger partial charge is 0.506 e. The molecule has 0 aromatic heterocycles. The number of benzene rings is 3. The van der Waals surface area contributed by atoms with Crippen LogP contribution in [0.2, 0.25) is 0 Å². The van der Waals surface area contributed by atoms with E-state index in [1.54, 1.807) is 72.8 Å². The molecular formula is C22H15NO3. The molecule has 1 aliphatic heterocycles. The zero-order valence-corrected chi connectivity index (χ0v) is 13.8. The van der Waals surface area contributed by atoms with E-state index in [2.05, 4.69) is 0 Å². The second-order valence-corrected chi connectivity index (χ2v) is 5.92. The highest BCUT2D eigenvalue weighted by Gasteiger charge is 2.39. The Morgan fingerprint density at radius 1 is 0.731 bits per heavy atom. The Labute approximate surface area is 150 Å². The van der Waals surface area contributed by atoms with Gasteiger partial charge in [-0.05, 0) is 18.2 Å². The summed E-state index contributed by atoms with van der Waals surface area (Å²) in [5, 5.41) is 10.7. The Morgan fingerprint density at radius 2 is 1.27 bits per heavy atom. The molecule has 0 spiro atoms. The predicted molar refractivity (Wildman–Crippen MR) is 101 cm³/mol. The van der Waals surface area contributed by atoms with Gasteiger partial charge < -0.3 is 5.11 Å². The summed E-state index contributed by atoms with van der Waals surface area (Å²) in [6.07, 6.45) is 0. The Bertz CT molecular complexity index is 1020. The number of anilines is 1. The number of fused-ring (bicyclic) bond motifs is 1. The third-order valence-corrected chi connectivity index (χ3v) is 4.34. The van der Waals surface area contributed by atoms with E-state index in [-0.39, 0.29) is 11.3 Å². The van der Waals surface area contributed by atoms with E-state index in [4.69, 9.17) is 0 Å². The molecule has 4 nitrogen and oxygen atoms in total. The van der Waals surface area contributed by atoms with Gasteiger partial charge in [-0.25, -0.2) is 4.90 Å². The first kappa shape index (κ1) is 15.8. The molecule has 1 N–H and O–H groups in total. The van der Waals surface area contributed by atoms with Crippen LogP contribution < -0.4 is 4.90 Å². The first-order valence-electron chi connectivity index (χ1n) is 8.20. The maximum Gasteiger partial charge on any atom is 0.269 e. The molecule has 1 aliphatic rings. The molecule has 4 heteroatoms. The van der Waals surface area contributed by atoms with Gasteiger partial charge in [0.2, 0.25) is 0 Å². The van der Waals surface area contributed by atoms with Crippen molar-refractivity contribution in [3.8, 4) is 0 Å². The van der Waals surface area contributed by atoms with Gasteiger partial charge in [0.25, 0.3) is 11.8 Å². The normalized spacial score (nSPS) is 14.9. The van der Waals surface area contributed by atoms with Gasteiger partial charge >= 0.3 is 0 Å². The lowest BCUT2D eigenvalue weighted by molar-refractivity contribution is -0.112. The summed E-state index contributed by atoms with van der Waals surface area (Å²) < 4.78 is 0. The average Bonchev–Trinajstić information content (AvgIpc) is 3.00. The highest BCUT2D eigenvalue weighted by Crippen LogP contribution is 2.40. The number of rotatable bonds is 2. The van der Waals surface area contributed by atoms with E-state index < -0.39 is 11.8 Å². The second-order valence-electron chi connectivity index (χ2n) is 5.92. The lowest BCUT2D eigenvalue weighted by Crippen LogP contribution is -2.33. The van der Waals surface area contributed by atoms with Crippen LogP contribution in [0.3, 0.4) is 0 Å². The van der Waals surface area contributed by atoms with Gasteiger partial charge in [0, 0.05) is 16.7 Å². The summed E-state index contributed by atoms with van der Waals surface area (Å²) in [6.45, 7) is 0. The molecule has 2 amide bonds. The minimum absolute atomic E-state index is 0.133. The number of aliphatic hydroxyl groups is 1. The van der Waals surface area contributed by atoms with E-state index in [0.29, 0.717) is 22.4 Å². The van der Waals surface area contributed by atoms with Gasteiger partial charge in [-0.15, -0.1) is 0 Å². The monoisotopic (exact) mass is 341 g/mol. The number of hydrogen-bond donors (Lipinski definition) is 1. The highest BCUT2D eigenvalue weighted by atomic mass is 16.3. The zero-order chi connectivity index (χ0) is 18.1. The van der Waals surface area contributed by atoms with Crippen molar-refractivity contribution in [1.29, 1.82) is 0 Å². The molecule has 0 saturated carbocycles. The summed E-state index contributed by atoms with van der Waals surface area (Å²) in [5.41, 5.74) is 2.10. The summed E-state index contributed by atoms with van der Waals surface area (Å²) in [6, 6.07) is 24.5. The van der Waals surface area contributed by atoms with Crippen molar-refractivity contribution in [2.24, 2.45) is 0 Å². The van der Waals surface area contributed by atoms with Crippen molar-refractivity contribution in [2.75, 3.05) is 4.90 Å². The summed E-state index contributed by atoms with van der Waals surface area (Å²) in [4.78, 5) is 27.1. The predicted octanol–water partition coefficient (Wildman–Crippen LogP) is 4.30. The number of para-hydroxylation sites is 1. The van der Waals surface area contributed by atoms with Gasteiger partial charge in [-0.2, -0.15) is 0 Å². The van der Waals surface area contributed by atoms with E-state index in [1.807, 2.05) is 12.1 Å². The van der Waals surface area contributed by atoms with Gasteiger partial charge in [0.1, 0.15) is 5.76 Å². The van der Waals surface area contributed by atoms with Crippen molar-refractivity contribution < 1.29 is 14.7 Å². The van der Waals surface area contributed by atoms with Crippen LogP contribution in [0.15, 0.2) is 84.9 Å². The zero-order valence-electron chi connectivity index (χ0n) is 13.8. The molecule has 0 atom stereocenters. The van der Waals surface area contributed by atoms with Crippen LogP contribution in [0.4, 0.5) is 5.69 Å². The Balaban J connectivity index is 1.88. The number of nitrogens with zero attached hydrogens (tertiary/aromatic N) is 1. The molecule has 0 bridgehead atoms. The molecule has 3 aromatic carbocycles. The first-order chi connectivity index (χ1) is 12.7. The minimum atomic E-state index is -0.526. The minimum Gasteiger partial charge on any atom is -0.506 e. The standard InChI is InChI=1S/C22H15NO3/c24-20(15-9-3-1-4-10-15)19-17-13-7-8-14-18(17)23(22(19)26)21(25)16-11-5-2-6-12-16/h1-14,24H. The summed E-state index contributed by atoms with van der Waals surface area (Å²) in [5.74, 6) is -1.08. The van der Waals surface area contributed by atoms with Crippen LogP contribution in [0.1, 0.15) is 21.5 Å². The third-order valence-electron chi connectivity index (χ3n) is 4.34. The van der Waals surface area contributed by atoms with Crippen molar-refractivity contribution in [1.82, 2.24) is 0 Å². The third kappa shape index (κ3) is 2.48. The topological polar surface area (TPSA) is 57.6 Å². The van der Waals surface area contributed by atoms with Crippen molar-refractivity contribution in [2.45, 2.75) is 0 Å². The fourth-order valence-electron chi connectivity index (χ4n) is 3.10. The molecule has 26 heavy (non-hydrogen) atoms. The second kappa shape index (κ2) is 6.33. The van der Waals surface area contributed by atoms with Gasteiger partial charge in [-0.3, -0.25) is 9.59 Å². The maximum atomic E-state index is 13.1. The van der Waals surface area contributed by atoms with Gasteiger partial charge in [-0.1, -0.05) is 66.7 Å². The smallest absolute Gasteiger partial charge is 0.269 e. The average molecular weight is 341 g/mol. The molecular weight excluding hydrogens is 326 g/mol. The number of imide groups is 1. The molecule has 1 heterocycles. The van der Waals surface area contributed by atoms with E-state index in [0.717, 1.165) is 4.90 Å². The van der Waals surface area contributed by atoms with E-state index in [1.165, 1.54) is 0 Å². The molecule has 0 fully saturated rings. The molecule has 0 radical (unpaired) electrons. The molecule has 3 aromatic rings. The Kier molecular flexibility index (Phi) is 3.86. The van der Waals surface area contributed by atoms with Crippen molar-refractivity contribution >= 4 is 28.8 Å². The molecule has 0 saturated heterocycles. The van der Waals surface area contributed by atoms with Crippen LogP contribution >= 0.6 is 0 Å². The van der Waals surface area contributed by atoms with E-state index >= 15 is 0 Å². The molecule has 0 unspecified atom stereocenters. The molecule has 126 valence electrons. The van der Waals surface area contributed by atoms with Gasteiger partial charge in [0.05, 0.1) is 11.3 Å². The number of hydrogen-bond acceptors (Lipinski definition) is 3. The van der Waals surface area contributed by atoms with Crippen molar-refractivity contribution in [3.05, 3.63) is 102 Å². The van der Waals surface area contributed by atoms with Crippen LogP contribution in [0, 0.1) is 0 Å². The van der Waals surface area contributed by atoms with Crippen LogP contribution in [0.25, 0.3) is 11.3 Å². The van der Waals surface area contributed by atoms with Crippen LogP contribution in [-0.2, 0) is 4.79 Å². The number of amides is 2. The quantitative estimate of drug-likeness (QED) is 0.429. The number of carbonyl (C=O) groups is 2. The van der Waals surface area contributed by atoms with Crippen LogP contribution in [-0.4, -0.2) is 16.9 Å². The maximum absolute atomic E-state index is 13.1. The lowest BCUT2D eigenvalue weighted by atomic mass is 10.0. The summed E-state index contributed by atoms with van der Waals surface area (Å²) in [7, 11) is 0. The Morgan fingerprint density at radius 3 is 1.92 bits per heavy atom. The Hall–Kier alpha value is -3.66. The fraction of sp³-hybridized carbons (Fsp3) is 0. The van der Waals surface area contributed by atoms with Gasteiger partial charge in [0.15, 0.2) is 0 Å². The van der Waals surface area contributed by atoms with Crippen molar-refractivity contribution in [3.63, 3.8) is 0 Å². The number of carbonyl (C=O) groups excluding carboxylic acids is 2. The SMILES string of the molecule is O=C1C(=C(O)c2ccccc2)c2ccccc2N1C(=O)c1ccccc1. The highest BCUT2D eigenvalue weighted by molar-refractivity contribution is 6.44. The van der Waals surface area contributed by atoms with E-state index in [9.17, 15) is 14.7 Å². The molecule has 0 aliphatic carbocycles. The lowest BCUT2D eigenvalue weighted by Gasteiger charge is -2.15. The summed E-state index contributed by atoms with van der Waals surface area (Å²) >= 11 is 0. The first-order valence-corrected chi connectivity index (χ1v) is 8.20. The fourth-order valence-corrected chi connectivity index (χ4v) is 3.10. The molecule has 4 rings (SSSR count).